The van der Waals surface area contributed by atoms with E-state index in [0.717, 1.165) is 38.6 Å². The van der Waals surface area contributed by atoms with Gasteiger partial charge in [-0.15, -0.1) is 11.3 Å². The van der Waals surface area contributed by atoms with Crippen LogP contribution >= 0.6 is 11.3 Å². The van der Waals surface area contributed by atoms with Crippen molar-refractivity contribution in [3.05, 3.63) is 34.7 Å². The lowest BCUT2D eigenvalue weighted by Crippen LogP contribution is -2.50. The fraction of sp³-hybridized carbons (Fsp3) is 0.417. The highest BCUT2D eigenvalue weighted by atomic mass is 32.1. The van der Waals surface area contributed by atoms with Gasteiger partial charge in [-0.2, -0.15) is 4.98 Å². The van der Waals surface area contributed by atoms with E-state index in [1.165, 1.54) is 11.3 Å². The van der Waals surface area contributed by atoms with Gasteiger partial charge in [0.2, 0.25) is 11.8 Å². The largest absolute Gasteiger partial charge is 0.497 e. The van der Waals surface area contributed by atoms with Crippen molar-refractivity contribution < 1.29 is 14.3 Å². The molecule has 2 aliphatic rings. The zero-order valence-electron chi connectivity index (χ0n) is 20.3. The van der Waals surface area contributed by atoms with Gasteiger partial charge >= 0.3 is 6.03 Å². The van der Waals surface area contributed by atoms with E-state index in [2.05, 4.69) is 20.2 Å². The predicted molar refractivity (Wildman–Crippen MR) is 139 cm³/mol. The van der Waals surface area contributed by atoms with Crippen molar-refractivity contribution in [3.63, 3.8) is 0 Å². The number of thiophene rings is 1. The van der Waals surface area contributed by atoms with Gasteiger partial charge in [-0.25, -0.2) is 14.8 Å². The molecule has 2 aliphatic heterocycles. The zero-order chi connectivity index (χ0) is 24.7. The van der Waals surface area contributed by atoms with Crippen molar-refractivity contribution in [1.29, 1.82) is 0 Å². The van der Waals surface area contributed by atoms with Crippen LogP contribution in [0.4, 0.5) is 22.2 Å². The number of nitrogens with two attached hydrogens (primary N) is 1. The van der Waals surface area contributed by atoms with Crippen LogP contribution in [0.15, 0.2) is 28.6 Å². The molecule has 2 amide bonds. The molecule has 1 fully saturated rings. The normalized spacial score (nSPS) is 17.3. The Balaban J connectivity index is 1.34. The first-order valence-electron chi connectivity index (χ1n) is 11.5. The molecule has 0 radical (unpaired) electrons. The number of carbonyl (C=O) groups excluding carboxylic acids is 1. The summed E-state index contributed by atoms with van der Waals surface area (Å²) < 4.78 is 11.2. The van der Waals surface area contributed by atoms with Gasteiger partial charge in [0.05, 0.1) is 23.6 Å². The van der Waals surface area contributed by atoms with Crippen LogP contribution in [0.5, 0.6) is 5.75 Å². The molecule has 5 rings (SSSR count). The second kappa shape index (κ2) is 8.88. The molecule has 0 aliphatic carbocycles. The Kier molecular flexibility index (Phi) is 5.87. The van der Waals surface area contributed by atoms with E-state index < -0.39 is 0 Å². The van der Waals surface area contributed by atoms with Gasteiger partial charge in [-0.05, 0) is 44.5 Å². The molecule has 11 heteroatoms. The highest BCUT2D eigenvalue weighted by molar-refractivity contribution is 7.17. The Labute approximate surface area is 207 Å². The van der Waals surface area contributed by atoms with Crippen LogP contribution in [-0.2, 0) is 4.74 Å². The average molecular weight is 496 g/mol. The molecule has 184 valence electrons. The second-order valence-corrected chi connectivity index (χ2v) is 10.2. The first kappa shape index (κ1) is 23.2. The third-order valence-corrected chi connectivity index (χ3v) is 7.04. The van der Waals surface area contributed by atoms with Crippen LogP contribution < -0.4 is 20.7 Å². The number of nitrogen functional groups attached to an aromatic ring is 1. The van der Waals surface area contributed by atoms with Gasteiger partial charge in [0.25, 0.3) is 0 Å². The summed E-state index contributed by atoms with van der Waals surface area (Å²) in [5.41, 5.74) is 8.39. The summed E-state index contributed by atoms with van der Waals surface area (Å²) in [7, 11) is 1.62. The van der Waals surface area contributed by atoms with Crippen LogP contribution in [0.1, 0.15) is 25.0 Å². The molecular weight excluding hydrogens is 466 g/mol. The number of aromatic nitrogens is 2. The van der Waals surface area contributed by atoms with Crippen molar-refractivity contribution in [2.75, 3.05) is 55.8 Å². The number of amides is 2. The van der Waals surface area contributed by atoms with Crippen molar-refractivity contribution >= 4 is 50.9 Å². The number of aliphatic imine (C=N–C) groups is 1. The SMILES string of the molecule is COc1ccc(NC(=O)N2CCN(c3nc(N)nc4scc(C5=NC(C)(C)CO5)c34)CC2)c(C)c1. The number of piperazine rings is 1. The van der Waals surface area contributed by atoms with Crippen molar-refractivity contribution in [3.8, 4) is 5.75 Å². The number of benzene rings is 1. The summed E-state index contributed by atoms with van der Waals surface area (Å²) in [6, 6.07) is 5.47. The number of aryl methyl sites for hydroxylation is 1. The van der Waals surface area contributed by atoms with Crippen LogP contribution in [0.3, 0.4) is 0 Å². The fourth-order valence-corrected chi connectivity index (χ4v) is 5.18. The number of fused-ring (bicyclic) bond motifs is 1. The maximum atomic E-state index is 12.9. The van der Waals surface area contributed by atoms with Crippen LogP contribution in [0.25, 0.3) is 10.2 Å². The molecule has 35 heavy (non-hydrogen) atoms. The van der Waals surface area contributed by atoms with Crippen LogP contribution in [0.2, 0.25) is 0 Å². The molecule has 0 unspecified atom stereocenters. The van der Waals surface area contributed by atoms with E-state index in [1.807, 2.05) is 49.3 Å². The molecule has 0 spiro atoms. The summed E-state index contributed by atoms with van der Waals surface area (Å²) in [6.45, 7) is 8.91. The number of ether oxygens (including phenoxy) is 2. The lowest BCUT2D eigenvalue weighted by Gasteiger charge is -2.35. The zero-order valence-corrected chi connectivity index (χ0v) is 21.1. The van der Waals surface area contributed by atoms with Gasteiger partial charge in [0.1, 0.15) is 23.0 Å². The number of urea groups is 1. The van der Waals surface area contributed by atoms with E-state index in [9.17, 15) is 4.79 Å². The predicted octanol–water partition coefficient (Wildman–Crippen LogP) is 3.50. The Morgan fingerprint density at radius 2 is 2.00 bits per heavy atom. The summed E-state index contributed by atoms with van der Waals surface area (Å²) in [4.78, 5) is 31.4. The van der Waals surface area contributed by atoms with Gasteiger partial charge in [-0.3, -0.25) is 0 Å². The molecule has 0 bridgehead atoms. The number of carbonyl (C=O) groups is 1. The second-order valence-electron chi connectivity index (χ2n) is 9.34. The molecule has 1 saturated heterocycles. The quantitative estimate of drug-likeness (QED) is 0.569. The molecule has 4 heterocycles. The Bertz CT molecular complexity index is 1310. The summed E-state index contributed by atoms with van der Waals surface area (Å²) in [5.74, 6) is 2.36. The highest BCUT2D eigenvalue weighted by Crippen LogP contribution is 2.35. The number of hydrogen-bond acceptors (Lipinski definition) is 9. The first-order chi connectivity index (χ1) is 16.7. The number of rotatable bonds is 4. The Hall–Kier alpha value is -3.60. The van der Waals surface area contributed by atoms with Gasteiger partial charge < -0.3 is 30.3 Å². The Morgan fingerprint density at radius 3 is 2.66 bits per heavy atom. The van der Waals surface area contributed by atoms with Gasteiger partial charge in [0, 0.05) is 37.2 Å². The molecule has 3 N–H and O–H groups in total. The van der Waals surface area contributed by atoms with E-state index in [0.29, 0.717) is 38.7 Å². The summed E-state index contributed by atoms with van der Waals surface area (Å²) in [6.07, 6.45) is 0. The summed E-state index contributed by atoms with van der Waals surface area (Å²) in [5, 5.41) is 5.91. The smallest absolute Gasteiger partial charge is 0.321 e. The number of anilines is 3. The third-order valence-electron chi connectivity index (χ3n) is 6.17. The van der Waals surface area contributed by atoms with Gasteiger partial charge in [-0.1, -0.05) is 0 Å². The number of hydrogen-bond donors (Lipinski definition) is 2. The molecule has 1 aromatic carbocycles. The lowest BCUT2D eigenvalue weighted by molar-refractivity contribution is 0.208. The number of nitrogens with one attached hydrogen (secondary N) is 1. The number of methoxy groups -OCH3 is 1. The Morgan fingerprint density at radius 1 is 1.23 bits per heavy atom. The average Bonchev–Trinajstić information content (AvgIpc) is 3.42. The van der Waals surface area contributed by atoms with E-state index in [4.69, 9.17) is 20.2 Å². The van der Waals surface area contributed by atoms with E-state index >= 15 is 0 Å². The molecule has 3 aromatic rings. The molecule has 0 atom stereocenters. The molecule has 0 saturated carbocycles. The van der Waals surface area contributed by atoms with E-state index in [1.54, 1.807) is 7.11 Å². The minimum atomic E-state index is -0.264. The lowest BCUT2D eigenvalue weighted by atomic mass is 10.1. The monoisotopic (exact) mass is 495 g/mol. The minimum Gasteiger partial charge on any atom is -0.497 e. The van der Waals surface area contributed by atoms with Crippen LogP contribution in [0, 0.1) is 6.92 Å². The van der Waals surface area contributed by atoms with E-state index in [-0.39, 0.29) is 17.5 Å². The molecule has 10 nitrogen and oxygen atoms in total. The third kappa shape index (κ3) is 4.55. The molecular formula is C24H29N7O3S. The molecule has 2 aromatic heterocycles. The summed E-state index contributed by atoms with van der Waals surface area (Å²) >= 11 is 1.50. The maximum absolute atomic E-state index is 12.9. The minimum absolute atomic E-state index is 0.127. The maximum Gasteiger partial charge on any atom is 0.321 e. The van der Waals surface area contributed by atoms with Crippen molar-refractivity contribution in [2.45, 2.75) is 26.3 Å². The highest BCUT2D eigenvalue weighted by Gasteiger charge is 2.31. The van der Waals surface area contributed by atoms with Crippen LogP contribution in [-0.4, -0.2) is 72.2 Å². The standard InChI is InChI=1S/C24H29N7O3S/c1-14-11-15(33-4)5-6-17(14)26-23(32)31-9-7-30(8-10-31)19-18-16(20-29-24(2,3)13-34-20)12-35-21(18)28-22(25)27-19/h5-6,11-12H,7-10,13H2,1-4H3,(H,26,32)(H2,25,27,28). The van der Waals surface area contributed by atoms with Gasteiger partial charge in [0.15, 0.2) is 0 Å². The number of nitrogens with zero attached hydrogens (tertiary/aromatic N) is 5. The first-order valence-corrected chi connectivity index (χ1v) is 12.4. The fourth-order valence-electron chi connectivity index (χ4n) is 4.27. The van der Waals surface area contributed by atoms with Crippen molar-refractivity contribution in [2.24, 2.45) is 4.99 Å². The van der Waals surface area contributed by atoms with Crippen molar-refractivity contribution in [1.82, 2.24) is 14.9 Å². The topological polar surface area (TPSA) is 118 Å².